The largest absolute Gasteiger partial charge is 0.490 e. The smallest absolute Gasteiger partial charge is 0.161 e. The molecule has 100 valence electrons. The van der Waals surface area contributed by atoms with Gasteiger partial charge < -0.3 is 14.6 Å². The van der Waals surface area contributed by atoms with Gasteiger partial charge in [0.2, 0.25) is 0 Å². The number of rotatable bonds is 4. The van der Waals surface area contributed by atoms with Gasteiger partial charge in [-0.25, -0.2) is 0 Å². The highest BCUT2D eigenvalue weighted by molar-refractivity contribution is 5.44. The van der Waals surface area contributed by atoms with Crippen LogP contribution in [0.3, 0.4) is 0 Å². The number of aliphatic hydroxyl groups is 1. The zero-order valence-electron chi connectivity index (χ0n) is 11.2. The molecule has 3 heteroatoms. The molecule has 1 aliphatic heterocycles. The highest BCUT2D eigenvalue weighted by atomic mass is 16.5. The summed E-state index contributed by atoms with van der Waals surface area (Å²) in [5.41, 5.74) is 0.916. The first-order valence-corrected chi connectivity index (χ1v) is 6.78. The minimum absolute atomic E-state index is 0.419. The van der Waals surface area contributed by atoms with Crippen LogP contribution in [0.15, 0.2) is 18.2 Å². The average molecular weight is 250 g/mol. The molecular formula is C15H22O3. The van der Waals surface area contributed by atoms with E-state index in [2.05, 4.69) is 13.8 Å². The first kappa shape index (κ1) is 13.2. The first-order chi connectivity index (χ1) is 8.70. The zero-order valence-corrected chi connectivity index (χ0v) is 11.2. The van der Waals surface area contributed by atoms with Crippen molar-refractivity contribution in [3.8, 4) is 11.5 Å². The van der Waals surface area contributed by atoms with Crippen molar-refractivity contribution in [2.75, 3.05) is 13.2 Å². The molecule has 0 saturated heterocycles. The third kappa shape index (κ3) is 3.16. The molecule has 3 nitrogen and oxygen atoms in total. The number of fused-ring (bicyclic) bond motifs is 1. The molecule has 0 aliphatic carbocycles. The third-order valence-corrected chi connectivity index (χ3v) is 3.48. The summed E-state index contributed by atoms with van der Waals surface area (Å²) in [5, 5.41) is 10.2. The summed E-state index contributed by atoms with van der Waals surface area (Å²) in [5.74, 6) is 2.07. The lowest BCUT2D eigenvalue weighted by Gasteiger charge is -2.17. The Morgan fingerprint density at radius 3 is 2.67 bits per heavy atom. The van der Waals surface area contributed by atoms with Crippen molar-refractivity contribution in [3.05, 3.63) is 23.8 Å². The minimum atomic E-state index is -0.419. The average Bonchev–Trinajstić information content (AvgIpc) is 2.62. The summed E-state index contributed by atoms with van der Waals surface area (Å²) in [6, 6.07) is 5.74. The molecule has 0 bridgehead atoms. The molecule has 1 N–H and O–H groups in total. The molecule has 18 heavy (non-hydrogen) atoms. The van der Waals surface area contributed by atoms with Crippen LogP contribution < -0.4 is 9.47 Å². The Morgan fingerprint density at radius 1 is 1.22 bits per heavy atom. The van der Waals surface area contributed by atoms with Gasteiger partial charge in [0.25, 0.3) is 0 Å². The molecule has 0 fully saturated rings. The molecular weight excluding hydrogens is 228 g/mol. The van der Waals surface area contributed by atoms with E-state index in [4.69, 9.17) is 9.47 Å². The Hall–Kier alpha value is -1.22. The zero-order chi connectivity index (χ0) is 13.0. The lowest BCUT2D eigenvalue weighted by atomic mass is 9.96. The summed E-state index contributed by atoms with van der Waals surface area (Å²) in [7, 11) is 0. The molecule has 0 amide bonds. The summed E-state index contributed by atoms with van der Waals surface area (Å²) in [4.78, 5) is 0. The van der Waals surface area contributed by atoms with Crippen molar-refractivity contribution in [1.29, 1.82) is 0 Å². The quantitative estimate of drug-likeness (QED) is 0.891. The van der Waals surface area contributed by atoms with Gasteiger partial charge >= 0.3 is 0 Å². The summed E-state index contributed by atoms with van der Waals surface area (Å²) in [6.45, 7) is 5.68. The van der Waals surface area contributed by atoms with Gasteiger partial charge in [-0.05, 0) is 30.0 Å². The molecule has 1 aromatic carbocycles. The van der Waals surface area contributed by atoms with E-state index in [0.717, 1.165) is 36.3 Å². The van der Waals surface area contributed by atoms with Crippen LogP contribution in [0.4, 0.5) is 0 Å². The lowest BCUT2D eigenvalue weighted by Crippen LogP contribution is -2.04. The fourth-order valence-corrected chi connectivity index (χ4v) is 2.07. The fourth-order valence-electron chi connectivity index (χ4n) is 2.07. The normalized spacial score (nSPS) is 17.9. The van der Waals surface area contributed by atoms with Crippen LogP contribution in [-0.2, 0) is 0 Å². The Morgan fingerprint density at radius 2 is 1.94 bits per heavy atom. The third-order valence-electron chi connectivity index (χ3n) is 3.48. The predicted molar refractivity (Wildman–Crippen MR) is 71.1 cm³/mol. The van der Waals surface area contributed by atoms with Gasteiger partial charge in [0.15, 0.2) is 11.5 Å². The Balaban J connectivity index is 2.12. The van der Waals surface area contributed by atoms with Crippen molar-refractivity contribution >= 4 is 0 Å². The van der Waals surface area contributed by atoms with Crippen LogP contribution in [0.1, 0.15) is 44.8 Å². The predicted octanol–water partition coefficient (Wildman–Crippen LogP) is 3.32. The maximum Gasteiger partial charge on any atom is 0.161 e. The van der Waals surface area contributed by atoms with Crippen LogP contribution >= 0.6 is 0 Å². The Labute approximate surface area is 109 Å². The molecule has 1 heterocycles. The standard InChI is InChI=1S/C15H22O3/c1-3-11(2)9-13(16)12-5-6-14-15(10-12)18-8-4-7-17-14/h5-6,10-11,13,16H,3-4,7-9H2,1-2H3. The summed E-state index contributed by atoms with van der Waals surface area (Å²) < 4.78 is 11.2. The monoisotopic (exact) mass is 250 g/mol. The van der Waals surface area contributed by atoms with Crippen molar-refractivity contribution in [2.45, 2.75) is 39.2 Å². The van der Waals surface area contributed by atoms with Crippen LogP contribution in [0, 0.1) is 5.92 Å². The maximum absolute atomic E-state index is 10.2. The van der Waals surface area contributed by atoms with Crippen LogP contribution in [0.2, 0.25) is 0 Å². The van der Waals surface area contributed by atoms with E-state index >= 15 is 0 Å². The summed E-state index contributed by atoms with van der Waals surface area (Å²) >= 11 is 0. The molecule has 1 aromatic rings. The molecule has 2 atom stereocenters. The van der Waals surface area contributed by atoms with Gasteiger partial charge in [0.05, 0.1) is 19.3 Å². The van der Waals surface area contributed by atoms with Crippen LogP contribution in [0.5, 0.6) is 11.5 Å². The van der Waals surface area contributed by atoms with E-state index in [9.17, 15) is 5.11 Å². The fraction of sp³-hybridized carbons (Fsp3) is 0.600. The number of ether oxygens (including phenoxy) is 2. The minimum Gasteiger partial charge on any atom is -0.490 e. The van der Waals surface area contributed by atoms with Crippen LogP contribution in [0.25, 0.3) is 0 Å². The highest BCUT2D eigenvalue weighted by Gasteiger charge is 2.16. The van der Waals surface area contributed by atoms with Gasteiger partial charge in [-0.1, -0.05) is 26.3 Å². The second kappa shape index (κ2) is 6.10. The van der Waals surface area contributed by atoms with Crippen molar-refractivity contribution in [1.82, 2.24) is 0 Å². The van der Waals surface area contributed by atoms with Gasteiger partial charge in [-0.15, -0.1) is 0 Å². The second-order valence-electron chi connectivity index (χ2n) is 5.02. The van der Waals surface area contributed by atoms with Crippen molar-refractivity contribution < 1.29 is 14.6 Å². The summed E-state index contributed by atoms with van der Waals surface area (Å²) in [6.07, 6.45) is 2.36. The van der Waals surface area contributed by atoms with Gasteiger partial charge in [0, 0.05) is 6.42 Å². The Bertz CT molecular complexity index is 389. The van der Waals surface area contributed by atoms with Gasteiger partial charge in [-0.3, -0.25) is 0 Å². The Kier molecular flexibility index (Phi) is 4.48. The van der Waals surface area contributed by atoms with Gasteiger partial charge in [-0.2, -0.15) is 0 Å². The molecule has 0 spiro atoms. The lowest BCUT2D eigenvalue weighted by molar-refractivity contribution is 0.146. The van der Waals surface area contributed by atoms with E-state index in [1.165, 1.54) is 0 Å². The second-order valence-corrected chi connectivity index (χ2v) is 5.02. The molecule has 1 aliphatic rings. The number of hydrogen-bond donors (Lipinski definition) is 1. The van der Waals surface area contributed by atoms with E-state index in [1.54, 1.807) is 0 Å². The SMILES string of the molecule is CCC(C)CC(O)c1ccc2c(c1)OCCCO2. The molecule has 2 unspecified atom stereocenters. The van der Waals surface area contributed by atoms with E-state index in [1.807, 2.05) is 18.2 Å². The van der Waals surface area contributed by atoms with Crippen molar-refractivity contribution in [3.63, 3.8) is 0 Å². The van der Waals surface area contributed by atoms with Crippen LogP contribution in [-0.4, -0.2) is 18.3 Å². The van der Waals surface area contributed by atoms with E-state index < -0.39 is 6.10 Å². The van der Waals surface area contributed by atoms with E-state index in [0.29, 0.717) is 19.1 Å². The molecule has 0 radical (unpaired) electrons. The molecule has 0 aromatic heterocycles. The maximum atomic E-state index is 10.2. The number of hydrogen-bond acceptors (Lipinski definition) is 3. The highest BCUT2D eigenvalue weighted by Crippen LogP contribution is 2.33. The number of aliphatic hydroxyl groups excluding tert-OH is 1. The molecule has 2 rings (SSSR count). The van der Waals surface area contributed by atoms with Crippen molar-refractivity contribution in [2.24, 2.45) is 5.92 Å². The first-order valence-electron chi connectivity index (χ1n) is 6.78. The number of benzene rings is 1. The molecule has 0 saturated carbocycles. The topological polar surface area (TPSA) is 38.7 Å². The van der Waals surface area contributed by atoms with Gasteiger partial charge in [0.1, 0.15) is 0 Å². The van der Waals surface area contributed by atoms with E-state index in [-0.39, 0.29) is 0 Å².